The summed E-state index contributed by atoms with van der Waals surface area (Å²) >= 11 is 0. The lowest BCUT2D eigenvalue weighted by Crippen LogP contribution is -1.88. The van der Waals surface area contributed by atoms with Gasteiger partial charge in [-0.1, -0.05) is 35.9 Å². The number of allylic oxidation sites excluding steroid dienone is 1. The van der Waals surface area contributed by atoms with Gasteiger partial charge in [-0.15, -0.1) is 0 Å². The fraction of sp³-hybridized carbons (Fsp3) is 0.222. The molecule has 19 heavy (non-hydrogen) atoms. The standard InChI is InChI=1S/C18H19N/c1-12-3-4-13(2)16(9-12)10-14-5-6-15-11-17(19)7-8-18(14)15/h3-4,7-11H,5-6,19H2,1-2H3. The van der Waals surface area contributed by atoms with Gasteiger partial charge >= 0.3 is 0 Å². The summed E-state index contributed by atoms with van der Waals surface area (Å²) in [4.78, 5) is 0. The first kappa shape index (κ1) is 12.0. The first-order chi connectivity index (χ1) is 9.13. The second-order valence-electron chi connectivity index (χ2n) is 5.45. The van der Waals surface area contributed by atoms with Gasteiger partial charge in [0.05, 0.1) is 0 Å². The Balaban J connectivity index is 2.05. The Morgan fingerprint density at radius 2 is 1.84 bits per heavy atom. The van der Waals surface area contributed by atoms with Crippen LogP contribution in [0.4, 0.5) is 5.69 Å². The van der Waals surface area contributed by atoms with E-state index >= 15 is 0 Å². The Morgan fingerprint density at radius 3 is 2.68 bits per heavy atom. The van der Waals surface area contributed by atoms with Crippen molar-refractivity contribution >= 4 is 17.3 Å². The SMILES string of the molecule is Cc1ccc(C)c(C=C2CCc3cc(N)ccc32)c1. The van der Waals surface area contributed by atoms with E-state index in [-0.39, 0.29) is 0 Å². The molecule has 1 nitrogen and oxygen atoms in total. The number of benzene rings is 2. The molecular formula is C18H19N. The van der Waals surface area contributed by atoms with Crippen molar-refractivity contribution in [2.24, 2.45) is 0 Å². The maximum Gasteiger partial charge on any atom is 0.0317 e. The number of rotatable bonds is 1. The molecule has 0 fully saturated rings. The fourth-order valence-corrected chi connectivity index (χ4v) is 2.79. The molecule has 0 bridgehead atoms. The van der Waals surface area contributed by atoms with E-state index in [4.69, 9.17) is 5.73 Å². The van der Waals surface area contributed by atoms with Gasteiger partial charge in [-0.25, -0.2) is 0 Å². The third-order valence-corrected chi connectivity index (χ3v) is 3.90. The molecule has 1 aliphatic carbocycles. The van der Waals surface area contributed by atoms with Crippen molar-refractivity contribution in [2.45, 2.75) is 26.7 Å². The van der Waals surface area contributed by atoms with Crippen molar-refractivity contribution in [3.63, 3.8) is 0 Å². The third-order valence-electron chi connectivity index (χ3n) is 3.90. The van der Waals surface area contributed by atoms with Crippen LogP contribution in [0.2, 0.25) is 0 Å². The first-order valence-electron chi connectivity index (χ1n) is 6.80. The largest absolute Gasteiger partial charge is 0.399 e. The van der Waals surface area contributed by atoms with Crippen molar-refractivity contribution in [2.75, 3.05) is 5.73 Å². The first-order valence-corrected chi connectivity index (χ1v) is 6.80. The van der Waals surface area contributed by atoms with Gasteiger partial charge in [0.2, 0.25) is 0 Å². The van der Waals surface area contributed by atoms with E-state index < -0.39 is 0 Å². The molecule has 0 radical (unpaired) electrons. The van der Waals surface area contributed by atoms with Gasteiger partial charge in [0.1, 0.15) is 0 Å². The number of fused-ring (bicyclic) bond motifs is 1. The minimum absolute atomic E-state index is 0.867. The van der Waals surface area contributed by atoms with Crippen molar-refractivity contribution in [3.05, 3.63) is 64.2 Å². The van der Waals surface area contributed by atoms with Crippen LogP contribution >= 0.6 is 0 Å². The Bertz CT molecular complexity index is 665. The summed E-state index contributed by atoms with van der Waals surface area (Å²) in [6.07, 6.45) is 4.56. The molecule has 2 N–H and O–H groups in total. The fourth-order valence-electron chi connectivity index (χ4n) is 2.79. The van der Waals surface area contributed by atoms with Crippen molar-refractivity contribution in [1.29, 1.82) is 0 Å². The zero-order chi connectivity index (χ0) is 13.4. The van der Waals surface area contributed by atoms with Gasteiger partial charge in [-0.3, -0.25) is 0 Å². The van der Waals surface area contributed by atoms with Crippen molar-refractivity contribution < 1.29 is 0 Å². The number of anilines is 1. The number of nitrogens with two attached hydrogens (primary N) is 1. The molecule has 1 heteroatoms. The quantitative estimate of drug-likeness (QED) is 0.746. The second kappa shape index (κ2) is 4.58. The molecule has 0 aromatic heterocycles. The molecule has 0 aliphatic heterocycles. The van der Waals surface area contributed by atoms with E-state index in [1.54, 1.807) is 0 Å². The molecule has 0 atom stereocenters. The van der Waals surface area contributed by atoms with Crippen LogP contribution in [0, 0.1) is 13.8 Å². The highest BCUT2D eigenvalue weighted by Crippen LogP contribution is 2.35. The van der Waals surface area contributed by atoms with Crippen molar-refractivity contribution in [3.8, 4) is 0 Å². The predicted octanol–water partition coefficient (Wildman–Crippen LogP) is 4.37. The molecule has 96 valence electrons. The van der Waals surface area contributed by atoms with E-state index in [1.165, 1.54) is 33.4 Å². The topological polar surface area (TPSA) is 26.0 Å². The van der Waals surface area contributed by atoms with Gasteiger partial charge in [-0.2, -0.15) is 0 Å². The van der Waals surface area contributed by atoms with E-state index in [1.807, 2.05) is 6.07 Å². The van der Waals surface area contributed by atoms with E-state index in [2.05, 4.69) is 50.3 Å². The van der Waals surface area contributed by atoms with Gasteiger partial charge in [0.15, 0.2) is 0 Å². The lowest BCUT2D eigenvalue weighted by Gasteiger charge is -2.06. The monoisotopic (exact) mass is 249 g/mol. The van der Waals surface area contributed by atoms with Crippen LogP contribution in [0.5, 0.6) is 0 Å². The zero-order valence-electron chi connectivity index (χ0n) is 11.5. The van der Waals surface area contributed by atoms with Crippen molar-refractivity contribution in [1.82, 2.24) is 0 Å². The Kier molecular flexibility index (Phi) is 2.90. The average Bonchev–Trinajstić information content (AvgIpc) is 2.76. The summed E-state index contributed by atoms with van der Waals surface area (Å²) in [7, 11) is 0. The maximum absolute atomic E-state index is 5.85. The Hall–Kier alpha value is -2.02. The predicted molar refractivity (Wildman–Crippen MR) is 83.0 cm³/mol. The normalized spacial score (nSPS) is 15.8. The van der Waals surface area contributed by atoms with Gasteiger partial charge < -0.3 is 5.73 Å². The summed E-state index contributed by atoms with van der Waals surface area (Å²) in [5.74, 6) is 0. The molecule has 1 aliphatic rings. The molecule has 0 amide bonds. The van der Waals surface area contributed by atoms with Crippen LogP contribution in [0.3, 0.4) is 0 Å². The highest BCUT2D eigenvalue weighted by Gasteiger charge is 2.16. The van der Waals surface area contributed by atoms with Gasteiger partial charge in [0.25, 0.3) is 0 Å². The summed E-state index contributed by atoms with van der Waals surface area (Å²) in [6.45, 7) is 4.31. The average molecular weight is 249 g/mol. The molecule has 3 rings (SSSR count). The number of hydrogen-bond acceptors (Lipinski definition) is 1. The van der Waals surface area contributed by atoms with Gasteiger partial charge in [0, 0.05) is 5.69 Å². The molecule has 0 spiro atoms. The highest BCUT2D eigenvalue weighted by molar-refractivity contribution is 5.86. The maximum atomic E-state index is 5.85. The van der Waals surface area contributed by atoms with E-state index in [0.29, 0.717) is 0 Å². The third kappa shape index (κ3) is 2.28. The van der Waals surface area contributed by atoms with Gasteiger partial charge in [-0.05, 0) is 66.6 Å². The number of aryl methyl sites for hydroxylation is 3. The van der Waals surface area contributed by atoms with E-state index in [9.17, 15) is 0 Å². The van der Waals surface area contributed by atoms with Crippen LogP contribution in [0.25, 0.3) is 11.6 Å². The smallest absolute Gasteiger partial charge is 0.0317 e. The summed E-state index contributed by atoms with van der Waals surface area (Å²) in [5.41, 5.74) is 14.9. The highest BCUT2D eigenvalue weighted by atomic mass is 14.5. The zero-order valence-corrected chi connectivity index (χ0v) is 11.5. The molecule has 0 saturated carbocycles. The Morgan fingerprint density at radius 1 is 1.00 bits per heavy atom. The number of nitrogen functional groups attached to an aromatic ring is 1. The summed E-state index contributed by atoms with van der Waals surface area (Å²) < 4.78 is 0. The molecule has 0 heterocycles. The van der Waals surface area contributed by atoms with Crippen LogP contribution in [0.15, 0.2) is 36.4 Å². The number of hydrogen-bond donors (Lipinski definition) is 1. The lowest BCUT2D eigenvalue weighted by molar-refractivity contribution is 1.08. The van der Waals surface area contributed by atoms with E-state index in [0.717, 1.165) is 18.5 Å². The summed E-state index contributed by atoms with van der Waals surface area (Å²) in [5, 5.41) is 0. The molecule has 2 aromatic rings. The van der Waals surface area contributed by atoms with Crippen LogP contribution < -0.4 is 5.73 Å². The second-order valence-corrected chi connectivity index (χ2v) is 5.45. The minimum atomic E-state index is 0.867. The van der Waals surface area contributed by atoms with Crippen LogP contribution in [0.1, 0.15) is 34.2 Å². The molecule has 0 saturated heterocycles. The lowest BCUT2D eigenvalue weighted by atomic mass is 10.00. The van der Waals surface area contributed by atoms with Crippen LogP contribution in [-0.2, 0) is 6.42 Å². The summed E-state index contributed by atoms with van der Waals surface area (Å²) in [6, 6.07) is 12.9. The minimum Gasteiger partial charge on any atom is -0.399 e. The van der Waals surface area contributed by atoms with Crippen LogP contribution in [-0.4, -0.2) is 0 Å². The Labute approximate surface area is 114 Å². The molecular weight excluding hydrogens is 230 g/mol. The molecule has 0 unspecified atom stereocenters. The molecule has 2 aromatic carbocycles.